The molecular formula is C10H16O2S. The highest BCUT2D eigenvalue weighted by atomic mass is 32.2. The highest BCUT2D eigenvalue weighted by Crippen LogP contribution is 2.16. The maximum atomic E-state index is 11.1. The van der Waals surface area contributed by atoms with E-state index < -0.39 is 9.84 Å². The molecule has 0 aromatic heterocycles. The lowest BCUT2D eigenvalue weighted by Gasteiger charge is -1.97. The molecule has 1 aliphatic rings. The minimum absolute atomic E-state index is 0.247. The van der Waals surface area contributed by atoms with Gasteiger partial charge in [0.05, 0.1) is 11.5 Å². The summed E-state index contributed by atoms with van der Waals surface area (Å²) in [5.74, 6) is 0.529. The van der Waals surface area contributed by atoms with E-state index in [1.54, 1.807) is 0 Å². The molecular weight excluding hydrogens is 184 g/mol. The molecule has 13 heavy (non-hydrogen) atoms. The normalized spacial score (nSPS) is 19.7. The van der Waals surface area contributed by atoms with Gasteiger partial charge < -0.3 is 0 Å². The monoisotopic (exact) mass is 200 g/mol. The standard InChI is InChI=1S/C10H16O2S/c1-9(2)4-3-5-10-6-7-13(11,12)8-10/h4,6H,3,5,7-8H2,1-2H3. The van der Waals surface area contributed by atoms with Crippen molar-refractivity contribution in [3.63, 3.8) is 0 Å². The number of hydrogen-bond donors (Lipinski definition) is 0. The lowest BCUT2D eigenvalue weighted by molar-refractivity contribution is 0.602. The van der Waals surface area contributed by atoms with Crippen LogP contribution in [0.3, 0.4) is 0 Å². The van der Waals surface area contributed by atoms with Gasteiger partial charge in [0.1, 0.15) is 0 Å². The van der Waals surface area contributed by atoms with Crippen LogP contribution in [0.5, 0.6) is 0 Å². The molecule has 0 bridgehead atoms. The van der Waals surface area contributed by atoms with Crippen LogP contribution in [0.1, 0.15) is 26.7 Å². The van der Waals surface area contributed by atoms with Crippen molar-refractivity contribution in [2.24, 2.45) is 0 Å². The molecule has 0 atom stereocenters. The average Bonchev–Trinajstić information content (AvgIpc) is 2.29. The first-order valence-electron chi connectivity index (χ1n) is 4.51. The minimum atomic E-state index is -2.76. The molecule has 1 heterocycles. The van der Waals surface area contributed by atoms with Crippen molar-refractivity contribution in [3.05, 3.63) is 23.3 Å². The number of rotatable bonds is 3. The summed E-state index contributed by atoms with van der Waals surface area (Å²) in [5.41, 5.74) is 2.37. The Morgan fingerprint density at radius 3 is 2.69 bits per heavy atom. The number of sulfone groups is 1. The van der Waals surface area contributed by atoms with E-state index in [1.807, 2.05) is 6.08 Å². The quantitative estimate of drug-likeness (QED) is 0.654. The molecule has 0 saturated carbocycles. The Labute approximate surface area is 80.3 Å². The maximum Gasteiger partial charge on any atom is 0.157 e. The Balaban J connectivity index is 2.37. The van der Waals surface area contributed by atoms with Crippen LogP contribution in [0.15, 0.2) is 23.3 Å². The van der Waals surface area contributed by atoms with Gasteiger partial charge in [0, 0.05) is 0 Å². The van der Waals surface area contributed by atoms with Crippen LogP contribution >= 0.6 is 0 Å². The predicted molar refractivity (Wildman–Crippen MR) is 55.4 cm³/mol. The second-order valence-corrected chi connectivity index (χ2v) is 5.85. The summed E-state index contributed by atoms with van der Waals surface area (Å²) < 4.78 is 22.1. The molecule has 2 nitrogen and oxygen atoms in total. The Hall–Kier alpha value is -0.570. The third-order valence-electron chi connectivity index (χ3n) is 2.05. The van der Waals surface area contributed by atoms with Gasteiger partial charge in [-0.1, -0.05) is 23.3 Å². The average molecular weight is 200 g/mol. The van der Waals surface area contributed by atoms with Crippen LogP contribution in [0.25, 0.3) is 0 Å². The molecule has 0 aliphatic carbocycles. The molecule has 0 unspecified atom stereocenters. The van der Waals surface area contributed by atoms with Gasteiger partial charge in [0.25, 0.3) is 0 Å². The largest absolute Gasteiger partial charge is 0.228 e. The van der Waals surface area contributed by atoms with Gasteiger partial charge in [-0.2, -0.15) is 0 Å². The van der Waals surface area contributed by atoms with Crippen LogP contribution in [-0.4, -0.2) is 19.9 Å². The van der Waals surface area contributed by atoms with E-state index in [9.17, 15) is 8.42 Å². The Morgan fingerprint density at radius 2 is 2.23 bits per heavy atom. The van der Waals surface area contributed by atoms with Crippen LogP contribution < -0.4 is 0 Å². The molecule has 0 radical (unpaired) electrons. The van der Waals surface area contributed by atoms with Crippen molar-refractivity contribution in [1.82, 2.24) is 0 Å². The highest BCUT2D eigenvalue weighted by Gasteiger charge is 2.18. The molecule has 0 aromatic rings. The highest BCUT2D eigenvalue weighted by molar-refractivity contribution is 7.92. The first kappa shape index (κ1) is 10.5. The van der Waals surface area contributed by atoms with Crippen LogP contribution in [-0.2, 0) is 9.84 Å². The van der Waals surface area contributed by atoms with Gasteiger partial charge in [-0.15, -0.1) is 0 Å². The zero-order chi connectivity index (χ0) is 9.90. The fourth-order valence-electron chi connectivity index (χ4n) is 1.37. The van der Waals surface area contributed by atoms with Crippen LogP contribution in [0.2, 0.25) is 0 Å². The second-order valence-electron chi connectivity index (χ2n) is 3.74. The van der Waals surface area contributed by atoms with E-state index in [2.05, 4.69) is 19.9 Å². The van der Waals surface area contributed by atoms with Crippen LogP contribution in [0.4, 0.5) is 0 Å². The maximum absolute atomic E-state index is 11.1. The van der Waals surface area contributed by atoms with Crippen molar-refractivity contribution >= 4 is 9.84 Å². The fourth-order valence-corrected chi connectivity index (χ4v) is 2.80. The van der Waals surface area contributed by atoms with Crippen molar-refractivity contribution in [3.8, 4) is 0 Å². The summed E-state index contributed by atoms with van der Waals surface area (Å²) in [6.45, 7) is 4.11. The first-order valence-corrected chi connectivity index (χ1v) is 6.33. The van der Waals surface area contributed by atoms with E-state index in [-0.39, 0.29) is 11.5 Å². The van der Waals surface area contributed by atoms with E-state index in [0.29, 0.717) is 0 Å². The third-order valence-corrected chi connectivity index (χ3v) is 3.53. The third kappa shape index (κ3) is 3.77. The summed E-state index contributed by atoms with van der Waals surface area (Å²) >= 11 is 0. The minimum Gasteiger partial charge on any atom is -0.228 e. The van der Waals surface area contributed by atoms with E-state index in [0.717, 1.165) is 18.4 Å². The molecule has 0 aromatic carbocycles. The van der Waals surface area contributed by atoms with Gasteiger partial charge in [-0.05, 0) is 26.7 Å². The smallest absolute Gasteiger partial charge is 0.157 e. The summed E-state index contributed by atoms with van der Waals surface area (Å²) in [4.78, 5) is 0. The molecule has 0 saturated heterocycles. The van der Waals surface area contributed by atoms with Gasteiger partial charge in [-0.25, -0.2) is 8.42 Å². The predicted octanol–water partition coefficient (Wildman–Crippen LogP) is 2.09. The van der Waals surface area contributed by atoms with Crippen molar-refractivity contribution in [2.45, 2.75) is 26.7 Å². The van der Waals surface area contributed by atoms with E-state index in [4.69, 9.17) is 0 Å². The Kier molecular flexibility index (Phi) is 3.31. The second kappa shape index (κ2) is 4.09. The van der Waals surface area contributed by atoms with E-state index in [1.165, 1.54) is 5.57 Å². The molecule has 0 N–H and O–H groups in total. The van der Waals surface area contributed by atoms with Gasteiger partial charge >= 0.3 is 0 Å². The number of allylic oxidation sites excluding steroid dienone is 2. The van der Waals surface area contributed by atoms with Crippen LogP contribution in [0, 0.1) is 0 Å². The summed E-state index contributed by atoms with van der Waals surface area (Å²) in [6.07, 6.45) is 5.86. The summed E-state index contributed by atoms with van der Waals surface area (Å²) in [7, 11) is -2.76. The lowest BCUT2D eigenvalue weighted by Crippen LogP contribution is -2.02. The topological polar surface area (TPSA) is 34.1 Å². The summed E-state index contributed by atoms with van der Waals surface area (Å²) in [6, 6.07) is 0. The van der Waals surface area contributed by atoms with Crippen molar-refractivity contribution in [1.29, 1.82) is 0 Å². The van der Waals surface area contributed by atoms with E-state index >= 15 is 0 Å². The molecule has 1 aliphatic heterocycles. The lowest BCUT2D eigenvalue weighted by atomic mass is 10.1. The molecule has 0 amide bonds. The zero-order valence-electron chi connectivity index (χ0n) is 8.21. The molecule has 3 heteroatoms. The SMILES string of the molecule is CC(C)=CCCC1=CCS(=O)(=O)C1. The van der Waals surface area contributed by atoms with Gasteiger partial charge in [0.2, 0.25) is 0 Å². The van der Waals surface area contributed by atoms with Crippen molar-refractivity contribution < 1.29 is 8.42 Å². The molecule has 0 spiro atoms. The summed E-state index contributed by atoms with van der Waals surface area (Å²) in [5, 5.41) is 0. The fraction of sp³-hybridized carbons (Fsp3) is 0.600. The Bertz CT molecular complexity index is 330. The molecule has 1 rings (SSSR count). The molecule has 0 fully saturated rings. The molecule has 74 valence electrons. The van der Waals surface area contributed by atoms with Crippen molar-refractivity contribution in [2.75, 3.05) is 11.5 Å². The van der Waals surface area contributed by atoms with Gasteiger partial charge in [0.15, 0.2) is 9.84 Å². The number of hydrogen-bond acceptors (Lipinski definition) is 2. The first-order chi connectivity index (χ1) is 5.99. The zero-order valence-corrected chi connectivity index (χ0v) is 9.02. The van der Waals surface area contributed by atoms with Gasteiger partial charge in [-0.3, -0.25) is 0 Å². The Morgan fingerprint density at radius 1 is 1.54 bits per heavy atom.